The average molecular weight is 198 g/mol. The molecule has 2 unspecified atom stereocenters. The van der Waals surface area contributed by atoms with Gasteiger partial charge in [-0.25, -0.2) is 0 Å². The molecule has 0 spiro atoms. The highest BCUT2D eigenvalue weighted by Crippen LogP contribution is 2.34. The molecular weight excluding hydrogens is 168 g/mol. The van der Waals surface area contributed by atoms with E-state index in [-0.39, 0.29) is 0 Å². The zero-order valence-corrected chi connectivity index (χ0v) is 11.0. The quantitative estimate of drug-likeness (QED) is 0.488. The van der Waals surface area contributed by atoms with Crippen molar-refractivity contribution in [3.05, 3.63) is 0 Å². The van der Waals surface area contributed by atoms with Crippen LogP contribution in [0.5, 0.6) is 0 Å². The van der Waals surface area contributed by atoms with Crippen molar-refractivity contribution in [3.63, 3.8) is 0 Å². The molecule has 0 fully saturated rings. The maximum Gasteiger partial charge on any atom is -0.0328 e. The van der Waals surface area contributed by atoms with E-state index < -0.39 is 0 Å². The van der Waals surface area contributed by atoms with Gasteiger partial charge in [0.15, 0.2) is 0 Å². The van der Waals surface area contributed by atoms with Crippen LogP contribution in [-0.4, -0.2) is 0 Å². The molecule has 0 aromatic heterocycles. The second-order valence-electron chi connectivity index (χ2n) is 5.32. The van der Waals surface area contributed by atoms with E-state index in [4.69, 9.17) is 0 Å². The van der Waals surface area contributed by atoms with Crippen LogP contribution in [-0.2, 0) is 0 Å². The summed E-state index contributed by atoms with van der Waals surface area (Å²) in [6, 6.07) is 0. The lowest BCUT2D eigenvalue weighted by atomic mass is 9.77. The summed E-state index contributed by atoms with van der Waals surface area (Å²) < 4.78 is 0. The van der Waals surface area contributed by atoms with E-state index >= 15 is 0 Å². The third-order valence-electron chi connectivity index (χ3n) is 3.93. The predicted octanol–water partition coefficient (Wildman–Crippen LogP) is 5.42. The molecule has 86 valence electrons. The molecule has 0 amide bonds. The molecule has 0 heterocycles. The molecule has 0 saturated heterocycles. The highest BCUT2D eigenvalue weighted by Gasteiger charge is 2.21. The van der Waals surface area contributed by atoms with Gasteiger partial charge < -0.3 is 0 Å². The maximum atomic E-state index is 2.48. The van der Waals surface area contributed by atoms with Gasteiger partial charge in [0.05, 0.1) is 0 Å². The first kappa shape index (κ1) is 14.0. The van der Waals surface area contributed by atoms with Gasteiger partial charge in [0.25, 0.3) is 0 Å². The summed E-state index contributed by atoms with van der Waals surface area (Å²) in [6.45, 7) is 11.8. The Bertz CT molecular complexity index is 128. The molecule has 0 heteroatoms. The van der Waals surface area contributed by atoms with Gasteiger partial charge in [0.2, 0.25) is 0 Å². The number of hydrogen-bond acceptors (Lipinski definition) is 0. The largest absolute Gasteiger partial charge is 0.0654 e. The van der Waals surface area contributed by atoms with Crippen LogP contribution in [0.1, 0.15) is 79.6 Å². The van der Waals surface area contributed by atoms with Gasteiger partial charge in [-0.1, -0.05) is 66.7 Å². The van der Waals surface area contributed by atoms with Crippen LogP contribution < -0.4 is 0 Å². The van der Waals surface area contributed by atoms with Crippen molar-refractivity contribution in [1.82, 2.24) is 0 Å². The van der Waals surface area contributed by atoms with Gasteiger partial charge in [0.1, 0.15) is 0 Å². The van der Waals surface area contributed by atoms with Crippen LogP contribution >= 0.6 is 0 Å². The Morgan fingerprint density at radius 1 is 1.07 bits per heavy atom. The van der Waals surface area contributed by atoms with Gasteiger partial charge in [0, 0.05) is 0 Å². The molecule has 2 atom stereocenters. The first-order valence-corrected chi connectivity index (χ1v) is 6.58. The summed E-state index contributed by atoms with van der Waals surface area (Å²) in [5.74, 6) is 0.919. The fraction of sp³-hybridized carbons (Fsp3) is 1.00. The monoisotopic (exact) mass is 198 g/mol. The number of unbranched alkanes of at least 4 members (excludes halogenated alkanes) is 1. The Kier molecular flexibility index (Phi) is 7.31. The van der Waals surface area contributed by atoms with Crippen LogP contribution in [0.2, 0.25) is 0 Å². The van der Waals surface area contributed by atoms with Gasteiger partial charge in [-0.05, 0) is 24.2 Å². The van der Waals surface area contributed by atoms with E-state index in [1.807, 2.05) is 0 Å². The summed E-state index contributed by atoms with van der Waals surface area (Å²) in [5.41, 5.74) is 0.624. The Morgan fingerprint density at radius 2 is 1.71 bits per heavy atom. The van der Waals surface area contributed by atoms with E-state index in [0.29, 0.717) is 5.41 Å². The summed E-state index contributed by atoms with van der Waals surface area (Å²) >= 11 is 0. The Hall–Kier alpha value is 0. The van der Waals surface area contributed by atoms with Gasteiger partial charge >= 0.3 is 0 Å². The summed E-state index contributed by atoms with van der Waals surface area (Å²) in [7, 11) is 0. The normalized spacial score (nSPS) is 17.8. The highest BCUT2D eigenvalue weighted by molar-refractivity contribution is 4.73. The molecule has 0 aliphatic heterocycles. The second-order valence-corrected chi connectivity index (χ2v) is 5.32. The van der Waals surface area contributed by atoms with Crippen LogP contribution in [0.4, 0.5) is 0 Å². The van der Waals surface area contributed by atoms with Crippen molar-refractivity contribution in [3.8, 4) is 0 Å². The van der Waals surface area contributed by atoms with Crippen LogP contribution in [0.25, 0.3) is 0 Å². The van der Waals surface area contributed by atoms with Gasteiger partial charge in [-0.15, -0.1) is 0 Å². The van der Waals surface area contributed by atoms with Crippen molar-refractivity contribution in [2.75, 3.05) is 0 Å². The van der Waals surface area contributed by atoms with E-state index in [2.05, 4.69) is 34.6 Å². The van der Waals surface area contributed by atoms with Crippen LogP contribution in [0.3, 0.4) is 0 Å². The zero-order chi connectivity index (χ0) is 11.0. The molecule has 0 bridgehead atoms. The fourth-order valence-electron chi connectivity index (χ4n) is 1.88. The topological polar surface area (TPSA) is 0 Å². The van der Waals surface area contributed by atoms with E-state index in [9.17, 15) is 0 Å². The molecule has 0 N–H and O–H groups in total. The van der Waals surface area contributed by atoms with Crippen molar-refractivity contribution >= 4 is 0 Å². The lowest BCUT2D eigenvalue weighted by molar-refractivity contribution is 0.230. The fourth-order valence-corrected chi connectivity index (χ4v) is 1.88. The van der Waals surface area contributed by atoms with E-state index in [1.54, 1.807) is 0 Å². The predicted molar refractivity (Wildman–Crippen MR) is 66.6 cm³/mol. The van der Waals surface area contributed by atoms with Gasteiger partial charge in [-0.2, -0.15) is 0 Å². The van der Waals surface area contributed by atoms with E-state index in [0.717, 1.165) is 5.92 Å². The zero-order valence-electron chi connectivity index (χ0n) is 11.0. The summed E-state index contributed by atoms with van der Waals surface area (Å²) in [4.78, 5) is 0. The molecule has 0 aliphatic carbocycles. The SMILES string of the molecule is CCCCC(C)(CC)CCC(C)CC. The molecule has 0 aliphatic rings. The van der Waals surface area contributed by atoms with E-state index in [1.165, 1.54) is 44.9 Å². The highest BCUT2D eigenvalue weighted by atomic mass is 14.3. The second kappa shape index (κ2) is 7.31. The molecule has 14 heavy (non-hydrogen) atoms. The third-order valence-corrected chi connectivity index (χ3v) is 3.93. The Labute approximate surface area is 91.5 Å². The molecule has 0 radical (unpaired) electrons. The molecular formula is C14H30. The lowest BCUT2D eigenvalue weighted by Gasteiger charge is -2.29. The van der Waals surface area contributed by atoms with Crippen LogP contribution in [0, 0.1) is 11.3 Å². The number of rotatable bonds is 8. The van der Waals surface area contributed by atoms with Crippen molar-refractivity contribution in [2.45, 2.75) is 79.6 Å². The molecule has 0 nitrogen and oxygen atoms in total. The average Bonchev–Trinajstić information content (AvgIpc) is 2.23. The van der Waals surface area contributed by atoms with Gasteiger partial charge in [-0.3, -0.25) is 0 Å². The first-order valence-electron chi connectivity index (χ1n) is 6.58. The maximum absolute atomic E-state index is 2.48. The Morgan fingerprint density at radius 3 is 2.14 bits per heavy atom. The minimum Gasteiger partial charge on any atom is -0.0654 e. The number of hydrogen-bond donors (Lipinski definition) is 0. The standard InChI is InChI=1S/C14H30/c1-6-9-11-14(5,8-3)12-10-13(4)7-2/h13H,6-12H2,1-5H3. The summed E-state index contributed by atoms with van der Waals surface area (Å²) in [6.07, 6.45) is 9.72. The first-order chi connectivity index (χ1) is 6.58. The molecule has 0 aromatic carbocycles. The minimum atomic E-state index is 0.624. The molecule has 0 aromatic rings. The minimum absolute atomic E-state index is 0.624. The lowest BCUT2D eigenvalue weighted by Crippen LogP contribution is -2.16. The van der Waals surface area contributed by atoms with Crippen LogP contribution in [0.15, 0.2) is 0 Å². The van der Waals surface area contributed by atoms with Crippen molar-refractivity contribution in [2.24, 2.45) is 11.3 Å². The molecule has 0 rings (SSSR count). The molecule has 0 saturated carbocycles. The van der Waals surface area contributed by atoms with Crippen molar-refractivity contribution < 1.29 is 0 Å². The van der Waals surface area contributed by atoms with Crippen molar-refractivity contribution in [1.29, 1.82) is 0 Å². The smallest absolute Gasteiger partial charge is 0.0328 e. The summed E-state index contributed by atoms with van der Waals surface area (Å²) in [5, 5.41) is 0. The third kappa shape index (κ3) is 5.67. The Balaban J connectivity index is 3.85.